The van der Waals surface area contributed by atoms with Gasteiger partial charge < -0.3 is 9.80 Å². The van der Waals surface area contributed by atoms with E-state index in [9.17, 15) is 0 Å². The van der Waals surface area contributed by atoms with Gasteiger partial charge in [-0.2, -0.15) is 0 Å². The number of nitrogens with one attached hydrogen (secondary N) is 1. The minimum atomic E-state index is 0.0421. The van der Waals surface area contributed by atoms with Gasteiger partial charge in [-0.15, -0.1) is 5.10 Å². The maximum absolute atomic E-state index is 5.81. The van der Waals surface area contributed by atoms with E-state index in [1.165, 1.54) is 6.42 Å². The van der Waals surface area contributed by atoms with Gasteiger partial charge in [-0.1, -0.05) is 5.21 Å². The first kappa shape index (κ1) is 14.4. The molecule has 19 heavy (non-hydrogen) atoms. The fraction of sp³-hybridized carbons (Fsp3) is 0.833. The molecule has 0 aliphatic carbocycles. The highest BCUT2D eigenvalue weighted by Gasteiger charge is 2.31. The van der Waals surface area contributed by atoms with Crippen molar-refractivity contribution in [1.82, 2.24) is 30.2 Å². The van der Waals surface area contributed by atoms with Crippen LogP contribution in [0.25, 0.3) is 0 Å². The van der Waals surface area contributed by atoms with Crippen molar-refractivity contribution in [3.8, 4) is 0 Å². The summed E-state index contributed by atoms with van der Waals surface area (Å²) in [4.78, 5) is 4.74. The topological polar surface area (TPSA) is 75.2 Å². The van der Waals surface area contributed by atoms with Gasteiger partial charge in [-0.25, -0.2) is 10.1 Å². The molecule has 0 saturated carbocycles. The van der Waals surface area contributed by atoms with E-state index >= 15 is 0 Å². The summed E-state index contributed by atoms with van der Waals surface area (Å²) in [5.41, 5.74) is 4.01. The van der Waals surface area contributed by atoms with Gasteiger partial charge in [-0.3, -0.25) is 5.84 Å². The van der Waals surface area contributed by atoms with Gasteiger partial charge in [0.1, 0.15) is 0 Å². The zero-order valence-electron chi connectivity index (χ0n) is 12.1. The first-order valence-corrected chi connectivity index (χ1v) is 6.90. The molecule has 2 heterocycles. The van der Waals surface area contributed by atoms with E-state index in [-0.39, 0.29) is 6.04 Å². The molecule has 7 nitrogen and oxygen atoms in total. The first-order valence-electron chi connectivity index (χ1n) is 6.90. The second kappa shape index (κ2) is 6.42. The summed E-state index contributed by atoms with van der Waals surface area (Å²) < 4.78 is 1.91. The van der Waals surface area contributed by atoms with E-state index in [0.29, 0.717) is 6.04 Å². The van der Waals surface area contributed by atoms with Crippen molar-refractivity contribution >= 4 is 0 Å². The predicted molar refractivity (Wildman–Crippen MR) is 74.3 cm³/mol. The molecule has 0 spiro atoms. The molecule has 1 fully saturated rings. The Morgan fingerprint density at radius 3 is 2.95 bits per heavy atom. The summed E-state index contributed by atoms with van der Waals surface area (Å²) in [5, 5.41) is 8.11. The molecule has 1 aliphatic rings. The molecule has 2 rings (SSSR count). The van der Waals surface area contributed by atoms with Gasteiger partial charge in [0, 0.05) is 19.1 Å². The van der Waals surface area contributed by atoms with E-state index < -0.39 is 0 Å². The zero-order valence-corrected chi connectivity index (χ0v) is 12.1. The van der Waals surface area contributed by atoms with Crippen LogP contribution in [0.5, 0.6) is 0 Å². The molecule has 2 atom stereocenters. The second-order valence-corrected chi connectivity index (χ2v) is 5.28. The Balaban J connectivity index is 2.24. The third kappa shape index (κ3) is 3.11. The van der Waals surface area contributed by atoms with Crippen LogP contribution in [-0.4, -0.2) is 64.6 Å². The standard InChI is InChI=1S/C12H25N7/c1-4-19-10(8-14-16-19)12(15-13)11-9-17(2)6-5-7-18(11)3/h8,11-12,15H,4-7,9,13H2,1-3H3. The van der Waals surface area contributed by atoms with Crippen LogP contribution in [0.3, 0.4) is 0 Å². The van der Waals surface area contributed by atoms with Gasteiger partial charge in [0.05, 0.1) is 17.9 Å². The van der Waals surface area contributed by atoms with Crippen molar-refractivity contribution in [1.29, 1.82) is 0 Å². The fourth-order valence-electron chi connectivity index (χ4n) is 2.81. The molecule has 0 bridgehead atoms. The van der Waals surface area contributed by atoms with Crippen LogP contribution >= 0.6 is 0 Å². The molecular weight excluding hydrogens is 242 g/mol. The highest BCUT2D eigenvalue weighted by molar-refractivity contribution is 5.07. The zero-order chi connectivity index (χ0) is 13.8. The predicted octanol–water partition coefficient (Wildman–Crippen LogP) is -0.562. The lowest BCUT2D eigenvalue weighted by Gasteiger charge is -2.34. The monoisotopic (exact) mass is 267 g/mol. The molecular formula is C12H25N7. The minimum Gasteiger partial charge on any atom is -0.305 e. The quantitative estimate of drug-likeness (QED) is 0.562. The smallest absolute Gasteiger partial charge is 0.0812 e. The van der Waals surface area contributed by atoms with E-state index in [1.807, 2.05) is 10.9 Å². The van der Waals surface area contributed by atoms with E-state index in [1.54, 1.807) is 0 Å². The number of rotatable bonds is 4. The average molecular weight is 267 g/mol. The molecule has 1 aliphatic heterocycles. The van der Waals surface area contributed by atoms with Gasteiger partial charge in [0.2, 0.25) is 0 Å². The highest BCUT2D eigenvalue weighted by Crippen LogP contribution is 2.21. The lowest BCUT2D eigenvalue weighted by molar-refractivity contribution is 0.174. The Morgan fingerprint density at radius 2 is 2.26 bits per heavy atom. The van der Waals surface area contributed by atoms with E-state index in [4.69, 9.17) is 5.84 Å². The third-order valence-corrected chi connectivity index (χ3v) is 3.95. The van der Waals surface area contributed by atoms with Gasteiger partial charge in [-0.05, 0) is 40.5 Å². The number of nitrogens with two attached hydrogens (primary N) is 1. The van der Waals surface area contributed by atoms with Crippen molar-refractivity contribution < 1.29 is 0 Å². The largest absolute Gasteiger partial charge is 0.305 e. The minimum absolute atomic E-state index is 0.0421. The number of aryl methyl sites for hydroxylation is 1. The Bertz CT molecular complexity index is 391. The summed E-state index contributed by atoms with van der Waals surface area (Å²) in [5.74, 6) is 5.81. The van der Waals surface area contributed by atoms with E-state index in [0.717, 1.165) is 31.9 Å². The third-order valence-electron chi connectivity index (χ3n) is 3.95. The number of hydrazine groups is 1. The van der Waals surface area contributed by atoms with Crippen molar-refractivity contribution in [2.45, 2.75) is 32.0 Å². The first-order chi connectivity index (χ1) is 9.17. The Labute approximate surface area is 114 Å². The molecule has 2 unspecified atom stereocenters. The molecule has 0 amide bonds. The molecule has 1 saturated heterocycles. The van der Waals surface area contributed by atoms with Crippen molar-refractivity contribution in [3.63, 3.8) is 0 Å². The Morgan fingerprint density at radius 1 is 1.47 bits per heavy atom. The van der Waals surface area contributed by atoms with Crippen molar-refractivity contribution in [3.05, 3.63) is 11.9 Å². The van der Waals surface area contributed by atoms with Crippen LogP contribution in [0.2, 0.25) is 0 Å². The molecule has 0 radical (unpaired) electrons. The van der Waals surface area contributed by atoms with Gasteiger partial charge in [0.15, 0.2) is 0 Å². The Kier molecular flexibility index (Phi) is 4.87. The van der Waals surface area contributed by atoms with Crippen LogP contribution in [0.4, 0.5) is 0 Å². The van der Waals surface area contributed by atoms with Crippen LogP contribution < -0.4 is 11.3 Å². The summed E-state index contributed by atoms with van der Waals surface area (Å²) in [6.45, 7) is 6.07. The Hall–Kier alpha value is -1.02. The van der Waals surface area contributed by atoms with Crippen molar-refractivity contribution in [2.24, 2.45) is 5.84 Å². The summed E-state index contributed by atoms with van der Waals surface area (Å²) in [6, 6.07) is 0.363. The summed E-state index contributed by atoms with van der Waals surface area (Å²) in [7, 11) is 4.32. The number of aromatic nitrogens is 3. The number of hydrogen-bond donors (Lipinski definition) is 2. The molecule has 3 N–H and O–H groups in total. The fourth-order valence-corrected chi connectivity index (χ4v) is 2.81. The molecule has 108 valence electrons. The van der Waals surface area contributed by atoms with Crippen molar-refractivity contribution in [2.75, 3.05) is 33.7 Å². The second-order valence-electron chi connectivity index (χ2n) is 5.28. The highest BCUT2D eigenvalue weighted by atomic mass is 15.4. The molecule has 1 aromatic heterocycles. The van der Waals surface area contributed by atoms with Crippen LogP contribution in [0.15, 0.2) is 6.20 Å². The van der Waals surface area contributed by atoms with Gasteiger partial charge >= 0.3 is 0 Å². The normalized spacial score (nSPS) is 24.3. The van der Waals surface area contributed by atoms with Crippen LogP contribution in [0, 0.1) is 0 Å². The average Bonchev–Trinajstić information content (AvgIpc) is 2.79. The molecule has 0 aromatic carbocycles. The summed E-state index contributed by atoms with van der Waals surface area (Å²) >= 11 is 0. The number of likely N-dealkylation sites (N-methyl/N-ethyl adjacent to an activating group) is 2. The van der Waals surface area contributed by atoms with Gasteiger partial charge in [0.25, 0.3) is 0 Å². The molecule has 7 heteroatoms. The number of nitrogens with zero attached hydrogens (tertiary/aromatic N) is 5. The maximum atomic E-state index is 5.81. The summed E-state index contributed by atoms with van der Waals surface area (Å²) in [6.07, 6.45) is 3.00. The molecule has 1 aromatic rings. The SMILES string of the molecule is CCn1nncc1C(NN)C1CN(C)CCCN1C. The van der Waals surface area contributed by atoms with Crippen LogP contribution in [-0.2, 0) is 6.54 Å². The van der Waals surface area contributed by atoms with E-state index in [2.05, 4.69) is 46.6 Å². The number of hydrogen-bond acceptors (Lipinski definition) is 6. The van der Waals surface area contributed by atoms with Crippen LogP contribution in [0.1, 0.15) is 25.1 Å². The maximum Gasteiger partial charge on any atom is 0.0812 e. The lowest BCUT2D eigenvalue weighted by Crippen LogP contribution is -2.49. The lowest BCUT2D eigenvalue weighted by atomic mass is 10.0.